The maximum atomic E-state index is 13.1. The van der Waals surface area contributed by atoms with E-state index in [1.165, 1.54) is 0 Å². The minimum absolute atomic E-state index is 0.269. The third-order valence-corrected chi connectivity index (χ3v) is 2.81. The number of aromatic nitrogens is 3. The summed E-state index contributed by atoms with van der Waals surface area (Å²) >= 11 is 0. The second kappa shape index (κ2) is 5.12. The van der Waals surface area contributed by atoms with Gasteiger partial charge in [0.25, 0.3) is 0 Å². The Bertz CT molecular complexity index is 586. The largest absolute Gasteiger partial charge is 0.435 e. The number of hydrogen-bond acceptors (Lipinski definition) is 4. The highest BCUT2D eigenvalue weighted by atomic mass is 19.4. The minimum atomic E-state index is -4.56. The average Bonchev–Trinajstić information content (AvgIpc) is 2.82. The Labute approximate surface area is 113 Å². The molecule has 0 atom stereocenters. The van der Waals surface area contributed by atoms with E-state index in [1.54, 1.807) is 24.3 Å². The molecule has 2 N–H and O–H groups in total. The molecule has 5 nitrogen and oxygen atoms in total. The fourth-order valence-corrected chi connectivity index (χ4v) is 1.81. The summed E-state index contributed by atoms with van der Waals surface area (Å²) in [4.78, 5) is 1.85. The first kappa shape index (κ1) is 14.3. The van der Waals surface area contributed by atoms with E-state index >= 15 is 0 Å². The summed E-state index contributed by atoms with van der Waals surface area (Å²) in [6.45, 7) is -0.315. The van der Waals surface area contributed by atoms with E-state index in [2.05, 4.69) is 10.3 Å². The van der Waals surface area contributed by atoms with Crippen LogP contribution < -0.4 is 10.6 Å². The number of rotatable bonds is 3. The lowest BCUT2D eigenvalue weighted by Gasteiger charge is -2.14. The SMILES string of the molecule is CN(C)c1ccc(-n2nnc(CN)c2C(F)(F)F)cc1. The van der Waals surface area contributed by atoms with E-state index in [0.717, 1.165) is 10.4 Å². The minimum Gasteiger partial charge on any atom is -0.378 e. The van der Waals surface area contributed by atoms with E-state index < -0.39 is 11.9 Å². The average molecular weight is 285 g/mol. The Kier molecular flexibility index (Phi) is 3.67. The van der Waals surface area contributed by atoms with Gasteiger partial charge >= 0.3 is 6.18 Å². The van der Waals surface area contributed by atoms with Crippen molar-refractivity contribution in [2.24, 2.45) is 5.73 Å². The van der Waals surface area contributed by atoms with Gasteiger partial charge in [-0.15, -0.1) is 5.10 Å². The van der Waals surface area contributed by atoms with Gasteiger partial charge in [-0.25, -0.2) is 4.68 Å². The van der Waals surface area contributed by atoms with E-state index in [9.17, 15) is 13.2 Å². The third-order valence-electron chi connectivity index (χ3n) is 2.81. The molecule has 1 heterocycles. The number of hydrogen-bond donors (Lipinski definition) is 1. The van der Waals surface area contributed by atoms with Gasteiger partial charge in [-0.1, -0.05) is 5.21 Å². The van der Waals surface area contributed by atoms with Crippen molar-refractivity contribution in [3.05, 3.63) is 35.7 Å². The van der Waals surface area contributed by atoms with Crippen molar-refractivity contribution in [1.82, 2.24) is 15.0 Å². The van der Waals surface area contributed by atoms with E-state index in [0.29, 0.717) is 0 Å². The number of halogens is 3. The molecule has 0 amide bonds. The van der Waals surface area contributed by atoms with E-state index in [1.807, 2.05) is 19.0 Å². The monoisotopic (exact) mass is 285 g/mol. The molecule has 1 aromatic carbocycles. The first-order chi connectivity index (χ1) is 9.34. The predicted molar refractivity (Wildman–Crippen MR) is 68.6 cm³/mol. The molecular formula is C12H14F3N5. The van der Waals surface area contributed by atoms with Crippen LogP contribution in [0, 0.1) is 0 Å². The van der Waals surface area contributed by atoms with Gasteiger partial charge in [0, 0.05) is 26.3 Å². The van der Waals surface area contributed by atoms with Crippen LogP contribution in [0.3, 0.4) is 0 Å². The third kappa shape index (κ3) is 2.60. The van der Waals surface area contributed by atoms with E-state index in [4.69, 9.17) is 5.73 Å². The quantitative estimate of drug-likeness (QED) is 0.934. The van der Waals surface area contributed by atoms with Crippen LogP contribution in [0.1, 0.15) is 11.4 Å². The van der Waals surface area contributed by atoms with Crippen molar-refractivity contribution in [3.63, 3.8) is 0 Å². The summed E-state index contributed by atoms with van der Waals surface area (Å²) in [5.41, 5.74) is 5.24. The van der Waals surface area contributed by atoms with Gasteiger partial charge in [0.2, 0.25) is 0 Å². The van der Waals surface area contributed by atoms with Crippen LogP contribution in [0.25, 0.3) is 5.69 Å². The molecule has 0 bridgehead atoms. The van der Waals surface area contributed by atoms with Gasteiger partial charge < -0.3 is 10.6 Å². The number of nitrogens with two attached hydrogens (primary N) is 1. The Morgan fingerprint density at radius 3 is 2.25 bits per heavy atom. The highest BCUT2D eigenvalue weighted by Gasteiger charge is 2.39. The summed E-state index contributed by atoms with van der Waals surface area (Å²) in [5.74, 6) is 0. The fourth-order valence-electron chi connectivity index (χ4n) is 1.81. The lowest BCUT2D eigenvalue weighted by Crippen LogP contribution is -2.17. The lowest BCUT2D eigenvalue weighted by atomic mass is 10.2. The normalized spacial score (nSPS) is 11.7. The highest BCUT2D eigenvalue weighted by molar-refractivity contribution is 5.50. The molecule has 0 spiro atoms. The number of nitrogens with zero attached hydrogens (tertiary/aromatic N) is 4. The van der Waals surface area contributed by atoms with Crippen molar-refractivity contribution in [3.8, 4) is 5.69 Å². The van der Waals surface area contributed by atoms with Gasteiger partial charge in [0.15, 0.2) is 5.69 Å². The highest BCUT2D eigenvalue weighted by Crippen LogP contribution is 2.32. The summed E-state index contributed by atoms with van der Waals surface area (Å²) in [5, 5.41) is 7.04. The molecule has 0 saturated carbocycles. The Morgan fingerprint density at radius 1 is 1.20 bits per heavy atom. The Balaban J connectivity index is 2.50. The molecule has 0 radical (unpaired) electrons. The second-order valence-electron chi connectivity index (χ2n) is 4.41. The van der Waals surface area contributed by atoms with Crippen molar-refractivity contribution in [2.45, 2.75) is 12.7 Å². The van der Waals surface area contributed by atoms with Crippen LogP contribution >= 0.6 is 0 Å². The van der Waals surface area contributed by atoms with E-state index in [-0.39, 0.29) is 17.9 Å². The van der Waals surface area contributed by atoms with Crippen LogP contribution in [-0.4, -0.2) is 29.1 Å². The van der Waals surface area contributed by atoms with Gasteiger partial charge in [-0.2, -0.15) is 13.2 Å². The van der Waals surface area contributed by atoms with Crippen molar-refractivity contribution >= 4 is 5.69 Å². The molecule has 0 aliphatic heterocycles. The second-order valence-corrected chi connectivity index (χ2v) is 4.41. The van der Waals surface area contributed by atoms with Gasteiger partial charge in [-0.3, -0.25) is 0 Å². The smallest absolute Gasteiger partial charge is 0.378 e. The summed E-state index contributed by atoms with van der Waals surface area (Å²) in [7, 11) is 3.69. The molecule has 0 aliphatic carbocycles. The molecule has 2 rings (SSSR count). The lowest BCUT2D eigenvalue weighted by molar-refractivity contribution is -0.143. The maximum absolute atomic E-state index is 13.1. The molecule has 2 aromatic rings. The maximum Gasteiger partial charge on any atom is 0.435 e. The fraction of sp³-hybridized carbons (Fsp3) is 0.333. The van der Waals surface area contributed by atoms with Crippen LogP contribution in [0.5, 0.6) is 0 Å². The zero-order chi connectivity index (χ0) is 14.9. The zero-order valence-electron chi connectivity index (χ0n) is 11.0. The number of anilines is 1. The van der Waals surface area contributed by atoms with Gasteiger partial charge in [0.1, 0.15) is 5.69 Å². The molecule has 0 saturated heterocycles. The van der Waals surface area contributed by atoms with Crippen LogP contribution in [0.15, 0.2) is 24.3 Å². The molecule has 20 heavy (non-hydrogen) atoms. The first-order valence-corrected chi connectivity index (χ1v) is 5.84. The number of alkyl halides is 3. The van der Waals surface area contributed by atoms with Crippen molar-refractivity contribution in [1.29, 1.82) is 0 Å². The van der Waals surface area contributed by atoms with Crippen molar-refractivity contribution in [2.75, 3.05) is 19.0 Å². The summed E-state index contributed by atoms with van der Waals surface area (Å²) in [6.07, 6.45) is -4.56. The summed E-state index contributed by atoms with van der Waals surface area (Å²) < 4.78 is 39.9. The topological polar surface area (TPSA) is 60.0 Å². The number of benzene rings is 1. The Hall–Kier alpha value is -2.09. The molecule has 0 fully saturated rings. The first-order valence-electron chi connectivity index (χ1n) is 5.84. The Morgan fingerprint density at radius 2 is 1.80 bits per heavy atom. The molecular weight excluding hydrogens is 271 g/mol. The zero-order valence-corrected chi connectivity index (χ0v) is 11.0. The van der Waals surface area contributed by atoms with Crippen LogP contribution in [-0.2, 0) is 12.7 Å². The molecule has 8 heteroatoms. The summed E-state index contributed by atoms with van der Waals surface area (Å²) in [6, 6.07) is 6.53. The molecule has 0 aliphatic rings. The van der Waals surface area contributed by atoms with Crippen molar-refractivity contribution < 1.29 is 13.2 Å². The molecule has 0 unspecified atom stereocenters. The van der Waals surface area contributed by atoms with Gasteiger partial charge in [0.05, 0.1) is 5.69 Å². The molecule has 1 aromatic heterocycles. The van der Waals surface area contributed by atoms with Crippen LogP contribution in [0.2, 0.25) is 0 Å². The van der Waals surface area contributed by atoms with Crippen LogP contribution in [0.4, 0.5) is 18.9 Å². The predicted octanol–water partition coefficient (Wildman–Crippen LogP) is 1.81. The standard InChI is InChI=1S/C12H14F3N5/c1-19(2)8-3-5-9(6-4-8)20-11(12(13,14)15)10(7-16)17-18-20/h3-6H,7,16H2,1-2H3. The van der Waals surface area contributed by atoms with Gasteiger partial charge in [-0.05, 0) is 24.3 Å². The molecule has 108 valence electrons.